The van der Waals surface area contributed by atoms with E-state index in [0.717, 1.165) is 11.3 Å². The van der Waals surface area contributed by atoms with Crippen molar-refractivity contribution in [3.63, 3.8) is 0 Å². The van der Waals surface area contributed by atoms with Crippen LogP contribution in [0.1, 0.15) is 28.4 Å². The van der Waals surface area contributed by atoms with E-state index in [1.54, 1.807) is 50.4 Å². The largest absolute Gasteiger partial charge is 0.497 e. The smallest absolute Gasteiger partial charge is 0.337 e. The van der Waals surface area contributed by atoms with Crippen molar-refractivity contribution in [2.75, 3.05) is 14.2 Å². The van der Waals surface area contributed by atoms with Crippen molar-refractivity contribution in [3.05, 3.63) is 65.2 Å². The third-order valence-corrected chi connectivity index (χ3v) is 3.52. The molecule has 2 aromatic carbocycles. The number of ether oxygens (including phenoxy) is 2. The fourth-order valence-electron chi connectivity index (χ4n) is 2.13. The van der Waals surface area contributed by atoms with Crippen LogP contribution in [0.3, 0.4) is 0 Å². The summed E-state index contributed by atoms with van der Waals surface area (Å²) in [5, 5.41) is 10.8. The van der Waals surface area contributed by atoms with Crippen LogP contribution in [0.2, 0.25) is 0 Å². The summed E-state index contributed by atoms with van der Waals surface area (Å²) in [7, 11) is 2.93. The predicted octanol–water partition coefficient (Wildman–Crippen LogP) is 2.74. The third kappa shape index (κ3) is 3.06. The summed E-state index contributed by atoms with van der Waals surface area (Å²) in [6, 6.07) is 13.9. The lowest BCUT2D eigenvalue weighted by atomic mass is 9.88. The van der Waals surface area contributed by atoms with Gasteiger partial charge in [-0.3, -0.25) is 0 Å². The van der Waals surface area contributed by atoms with Gasteiger partial charge in [0.05, 0.1) is 19.8 Å². The molecular weight excluding hydrogens is 268 g/mol. The number of hydrogen-bond donors (Lipinski definition) is 1. The molecule has 0 saturated heterocycles. The Bertz CT molecular complexity index is 612. The highest BCUT2D eigenvalue weighted by Gasteiger charge is 2.25. The Kier molecular flexibility index (Phi) is 4.29. The van der Waals surface area contributed by atoms with Crippen LogP contribution >= 0.6 is 0 Å². The normalized spacial score (nSPS) is 13.3. The Balaban J connectivity index is 2.31. The zero-order chi connectivity index (χ0) is 15.5. The summed E-state index contributed by atoms with van der Waals surface area (Å²) >= 11 is 0. The van der Waals surface area contributed by atoms with Crippen LogP contribution in [0.15, 0.2) is 48.5 Å². The zero-order valence-corrected chi connectivity index (χ0v) is 12.3. The first-order valence-electron chi connectivity index (χ1n) is 6.55. The SMILES string of the molecule is COC(=O)c1ccc([C@@](C)(O)c2ccc(OC)cc2)cc1. The minimum atomic E-state index is -1.15. The highest BCUT2D eigenvalue weighted by molar-refractivity contribution is 5.89. The predicted molar refractivity (Wildman–Crippen MR) is 79.4 cm³/mol. The fourth-order valence-corrected chi connectivity index (χ4v) is 2.13. The zero-order valence-electron chi connectivity index (χ0n) is 12.3. The molecule has 1 atom stereocenters. The molecule has 0 amide bonds. The van der Waals surface area contributed by atoms with E-state index in [9.17, 15) is 9.90 Å². The molecule has 0 unspecified atom stereocenters. The molecule has 0 aliphatic rings. The molecule has 1 N–H and O–H groups in total. The van der Waals surface area contributed by atoms with Gasteiger partial charge in [-0.05, 0) is 42.3 Å². The summed E-state index contributed by atoms with van der Waals surface area (Å²) in [6.45, 7) is 1.71. The monoisotopic (exact) mass is 286 g/mol. The van der Waals surface area contributed by atoms with E-state index in [2.05, 4.69) is 4.74 Å². The van der Waals surface area contributed by atoms with Crippen LogP contribution in [-0.4, -0.2) is 25.3 Å². The lowest BCUT2D eigenvalue weighted by molar-refractivity contribution is 0.0600. The number of esters is 1. The van der Waals surface area contributed by atoms with Gasteiger partial charge in [0.25, 0.3) is 0 Å². The molecule has 2 rings (SSSR count). The van der Waals surface area contributed by atoms with E-state index in [0.29, 0.717) is 11.1 Å². The molecule has 0 fully saturated rings. The van der Waals surface area contributed by atoms with Crippen LogP contribution in [0.5, 0.6) is 5.75 Å². The second-order valence-electron chi connectivity index (χ2n) is 4.87. The molecule has 4 nitrogen and oxygen atoms in total. The number of hydrogen-bond acceptors (Lipinski definition) is 4. The van der Waals surface area contributed by atoms with E-state index in [1.807, 2.05) is 12.1 Å². The van der Waals surface area contributed by atoms with Crippen LogP contribution in [0.25, 0.3) is 0 Å². The lowest BCUT2D eigenvalue weighted by Crippen LogP contribution is -2.22. The van der Waals surface area contributed by atoms with Crippen molar-refractivity contribution in [2.24, 2.45) is 0 Å². The van der Waals surface area contributed by atoms with E-state index < -0.39 is 11.6 Å². The molecule has 21 heavy (non-hydrogen) atoms. The first-order valence-corrected chi connectivity index (χ1v) is 6.55. The van der Waals surface area contributed by atoms with Gasteiger partial charge in [-0.1, -0.05) is 24.3 Å². The number of rotatable bonds is 4. The molecule has 0 aliphatic heterocycles. The number of aliphatic hydroxyl groups is 1. The van der Waals surface area contributed by atoms with Crippen molar-refractivity contribution in [2.45, 2.75) is 12.5 Å². The number of carbonyl (C=O) groups is 1. The molecule has 4 heteroatoms. The molecule has 0 spiro atoms. The Labute approximate surface area is 123 Å². The molecule has 110 valence electrons. The maximum Gasteiger partial charge on any atom is 0.337 e. The summed E-state index contributed by atoms with van der Waals surface area (Å²) in [4.78, 5) is 11.4. The second-order valence-corrected chi connectivity index (χ2v) is 4.87. The highest BCUT2D eigenvalue weighted by Crippen LogP contribution is 2.30. The molecule has 0 bridgehead atoms. The van der Waals surface area contributed by atoms with E-state index in [-0.39, 0.29) is 0 Å². The summed E-state index contributed by atoms with van der Waals surface area (Å²) < 4.78 is 9.77. The Morgan fingerprint density at radius 2 is 1.43 bits per heavy atom. The number of benzene rings is 2. The standard InChI is InChI=1S/C17H18O4/c1-17(19,14-8-10-15(20-2)11-9-14)13-6-4-12(5-7-13)16(18)21-3/h4-11,19H,1-3H3/t17-/m1/s1. The first-order chi connectivity index (χ1) is 9.98. The van der Waals surface area contributed by atoms with Crippen molar-refractivity contribution in [1.82, 2.24) is 0 Å². The minimum Gasteiger partial charge on any atom is -0.497 e. The maximum atomic E-state index is 11.4. The van der Waals surface area contributed by atoms with Gasteiger partial charge in [0.15, 0.2) is 0 Å². The van der Waals surface area contributed by atoms with E-state index in [4.69, 9.17) is 4.74 Å². The summed E-state index contributed by atoms with van der Waals surface area (Å²) in [5.74, 6) is 0.334. The molecule has 0 aliphatic carbocycles. The Morgan fingerprint density at radius 3 is 1.86 bits per heavy atom. The lowest BCUT2D eigenvalue weighted by Gasteiger charge is -2.25. The molecule has 0 saturated carbocycles. The molecule has 0 aromatic heterocycles. The molecular formula is C17H18O4. The first kappa shape index (κ1) is 15.1. The van der Waals surface area contributed by atoms with Gasteiger partial charge >= 0.3 is 5.97 Å². The third-order valence-electron chi connectivity index (χ3n) is 3.52. The molecule has 0 heterocycles. The van der Waals surface area contributed by atoms with E-state index in [1.165, 1.54) is 7.11 Å². The fraction of sp³-hybridized carbons (Fsp3) is 0.235. The van der Waals surface area contributed by atoms with Gasteiger partial charge in [0, 0.05) is 0 Å². The second kappa shape index (κ2) is 5.97. The van der Waals surface area contributed by atoms with Crippen molar-refractivity contribution >= 4 is 5.97 Å². The van der Waals surface area contributed by atoms with Crippen LogP contribution in [-0.2, 0) is 10.3 Å². The average molecular weight is 286 g/mol. The Hall–Kier alpha value is -2.33. The van der Waals surface area contributed by atoms with Crippen LogP contribution < -0.4 is 4.74 Å². The summed E-state index contributed by atoms with van der Waals surface area (Å²) in [5.41, 5.74) is 0.738. The van der Waals surface area contributed by atoms with Gasteiger partial charge in [0.2, 0.25) is 0 Å². The maximum absolute atomic E-state index is 11.4. The van der Waals surface area contributed by atoms with Gasteiger partial charge in [-0.2, -0.15) is 0 Å². The van der Waals surface area contributed by atoms with Crippen molar-refractivity contribution < 1.29 is 19.4 Å². The van der Waals surface area contributed by atoms with Gasteiger partial charge in [-0.25, -0.2) is 4.79 Å². The number of methoxy groups -OCH3 is 2. The summed E-state index contributed by atoms with van der Waals surface area (Å²) in [6.07, 6.45) is 0. The number of carbonyl (C=O) groups excluding carboxylic acids is 1. The molecule has 0 radical (unpaired) electrons. The van der Waals surface area contributed by atoms with Crippen molar-refractivity contribution in [3.8, 4) is 5.75 Å². The minimum absolute atomic E-state index is 0.398. The Morgan fingerprint density at radius 1 is 0.952 bits per heavy atom. The average Bonchev–Trinajstić information content (AvgIpc) is 2.54. The van der Waals surface area contributed by atoms with Crippen LogP contribution in [0, 0.1) is 0 Å². The molecule has 2 aromatic rings. The van der Waals surface area contributed by atoms with Crippen LogP contribution in [0.4, 0.5) is 0 Å². The topological polar surface area (TPSA) is 55.8 Å². The quantitative estimate of drug-likeness (QED) is 0.878. The van der Waals surface area contributed by atoms with Gasteiger partial charge in [-0.15, -0.1) is 0 Å². The van der Waals surface area contributed by atoms with Gasteiger partial charge in [0.1, 0.15) is 11.4 Å². The highest BCUT2D eigenvalue weighted by atomic mass is 16.5. The van der Waals surface area contributed by atoms with Gasteiger partial charge < -0.3 is 14.6 Å². The van der Waals surface area contributed by atoms with E-state index >= 15 is 0 Å². The van der Waals surface area contributed by atoms with Crippen molar-refractivity contribution in [1.29, 1.82) is 0 Å².